The molecule has 1 aliphatic heterocycles. The molecule has 1 saturated heterocycles. The molecule has 1 N–H and O–H groups in total. The number of anilines is 1. The van der Waals surface area contributed by atoms with Gasteiger partial charge in [-0.05, 0) is 66.7 Å². The zero-order chi connectivity index (χ0) is 27.3. The minimum atomic E-state index is -4.20. The molecule has 0 atom stereocenters. The number of para-hydroxylation sites is 1. The van der Waals surface area contributed by atoms with Gasteiger partial charge < -0.3 is 14.2 Å². The molecule has 12 heteroatoms. The van der Waals surface area contributed by atoms with Crippen LogP contribution >= 0.6 is 23.4 Å². The Balaban J connectivity index is 1.55. The molecule has 0 bridgehead atoms. The van der Waals surface area contributed by atoms with Crippen molar-refractivity contribution in [2.45, 2.75) is 11.8 Å². The molecule has 4 rings (SSSR count). The second-order valence-corrected chi connectivity index (χ2v) is 10.7. The number of thioether (sulfide) groups is 1. The van der Waals surface area contributed by atoms with Crippen LogP contribution in [0.15, 0.2) is 82.6 Å². The van der Waals surface area contributed by atoms with Crippen LogP contribution in [0.4, 0.5) is 10.5 Å². The standard InChI is InChI=1S/C26H21ClN2O7S2/c1-2-35-21-14-17(13-20(27)24(21)36-38(33,34)19-11-7-4-8-12-19)15-22-25(31)29(26(32)37-22)16-23(30)28-18-9-5-3-6-10-18/h3-15H,2,16H2,1H3,(H,28,30)/b22-15-. The van der Waals surface area contributed by atoms with Gasteiger partial charge in [0.25, 0.3) is 11.1 Å². The van der Waals surface area contributed by atoms with Crippen LogP contribution in [0, 0.1) is 0 Å². The molecule has 1 heterocycles. The molecular weight excluding hydrogens is 552 g/mol. The number of nitrogens with zero attached hydrogens (tertiary/aromatic N) is 1. The second kappa shape index (κ2) is 11.7. The molecule has 1 aliphatic rings. The first-order valence-corrected chi connectivity index (χ1v) is 13.8. The van der Waals surface area contributed by atoms with E-state index in [9.17, 15) is 22.8 Å². The topological polar surface area (TPSA) is 119 Å². The fourth-order valence-electron chi connectivity index (χ4n) is 3.41. The maximum absolute atomic E-state index is 12.9. The summed E-state index contributed by atoms with van der Waals surface area (Å²) in [5.41, 5.74) is 0.900. The smallest absolute Gasteiger partial charge is 0.339 e. The second-order valence-electron chi connectivity index (χ2n) is 7.80. The highest BCUT2D eigenvalue weighted by Crippen LogP contribution is 2.40. The fraction of sp³-hybridized carbons (Fsp3) is 0.115. The molecule has 0 aliphatic carbocycles. The van der Waals surface area contributed by atoms with Crippen LogP contribution in [0.3, 0.4) is 0 Å². The third kappa shape index (κ3) is 6.36. The van der Waals surface area contributed by atoms with Crippen molar-refractivity contribution in [3.63, 3.8) is 0 Å². The lowest BCUT2D eigenvalue weighted by molar-refractivity contribution is -0.127. The third-order valence-corrected chi connectivity index (χ3v) is 7.51. The number of carbonyl (C=O) groups excluding carboxylic acids is 3. The molecule has 0 saturated carbocycles. The van der Waals surface area contributed by atoms with Gasteiger partial charge in [-0.1, -0.05) is 48.0 Å². The zero-order valence-corrected chi connectivity index (χ0v) is 22.3. The maximum Gasteiger partial charge on any atom is 0.339 e. The number of hydrogen-bond acceptors (Lipinski definition) is 8. The van der Waals surface area contributed by atoms with Crippen LogP contribution in [0.2, 0.25) is 5.02 Å². The Bertz CT molecular complexity index is 1510. The molecule has 3 aromatic rings. The SMILES string of the molecule is CCOc1cc(/C=C2\SC(=O)N(CC(=O)Nc3ccccc3)C2=O)cc(Cl)c1OS(=O)(=O)c1ccccc1. The van der Waals surface area contributed by atoms with E-state index in [1.54, 1.807) is 55.5 Å². The van der Waals surface area contributed by atoms with Gasteiger partial charge in [0, 0.05) is 5.69 Å². The van der Waals surface area contributed by atoms with Crippen molar-refractivity contribution in [3.05, 3.63) is 88.3 Å². The molecule has 0 radical (unpaired) electrons. The van der Waals surface area contributed by atoms with Crippen molar-refractivity contribution in [2.75, 3.05) is 18.5 Å². The number of benzene rings is 3. The highest BCUT2D eigenvalue weighted by atomic mass is 35.5. The van der Waals surface area contributed by atoms with Crippen molar-refractivity contribution < 1.29 is 31.7 Å². The number of rotatable bonds is 9. The van der Waals surface area contributed by atoms with Crippen LogP contribution in [0.5, 0.6) is 11.5 Å². The van der Waals surface area contributed by atoms with Crippen LogP contribution < -0.4 is 14.2 Å². The van der Waals surface area contributed by atoms with E-state index in [1.165, 1.54) is 30.3 Å². The highest BCUT2D eigenvalue weighted by Gasteiger charge is 2.36. The molecular formula is C26H21ClN2O7S2. The predicted octanol–water partition coefficient (Wildman–Crippen LogP) is 5.18. The van der Waals surface area contributed by atoms with Gasteiger partial charge in [-0.2, -0.15) is 8.42 Å². The van der Waals surface area contributed by atoms with Gasteiger partial charge in [-0.15, -0.1) is 0 Å². The summed E-state index contributed by atoms with van der Waals surface area (Å²) in [7, 11) is -4.20. The highest BCUT2D eigenvalue weighted by molar-refractivity contribution is 8.18. The molecule has 9 nitrogen and oxygen atoms in total. The molecule has 0 aromatic heterocycles. The van der Waals surface area contributed by atoms with Gasteiger partial charge in [0.05, 0.1) is 16.5 Å². The number of halogens is 1. The fourth-order valence-corrected chi connectivity index (χ4v) is 5.53. The Kier molecular flexibility index (Phi) is 8.40. The lowest BCUT2D eigenvalue weighted by Gasteiger charge is -2.14. The number of nitrogens with one attached hydrogen (secondary N) is 1. The van der Waals surface area contributed by atoms with E-state index >= 15 is 0 Å². The number of carbonyl (C=O) groups is 3. The summed E-state index contributed by atoms with van der Waals surface area (Å²) in [4.78, 5) is 38.5. The summed E-state index contributed by atoms with van der Waals surface area (Å²) in [6.07, 6.45) is 1.41. The number of amides is 3. The third-order valence-electron chi connectivity index (χ3n) is 5.09. The summed E-state index contributed by atoms with van der Waals surface area (Å²) in [6, 6.07) is 19.0. The van der Waals surface area contributed by atoms with Crippen molar-refractivity contribution in [3.8, 4) is 11.5 Å². The van der Waals surface area contributed by atoms with Crippen molar-refractivity contribution in [1.29, 1.82) is 0 Å². The number of ether oxygens (including phenoxy) is 1. The van der Waals surface area contributed by atoms with E-state index in [1.807, 2.05) is 0 Å². The summed E-state index contributed by atoms with van der Waals surface area (Å²) in [5.74, 6) is -1.35. The monoisotopic (exact) mass is 572 g/mol. The lowest BCUT2D eigenvalue weighted by atomic mass is 10.2. The summed E-state index contributed by atoms with van der Waals surface area (Å²) < 4.78 is 36.3. The Morgan fingerprint density at radius 1 is 1.05 bits per heavy atom. The van der Waals surface area contributed by atoms with Crippen molar-refractivity contribution in [2.24, 2.45) is 0 Å². The van der Waals surface area contributed by atoms with E-state index < -0.39 is 33.7 Å². The van der Waals surface area contributed by atoms with E-state index in [4.69, 9.17) is 20.5 Å². The summed E-state index contributed by atoms with van der Waals surface area (Å²) in [6.45, 7) is 1.42. The molecule has 1 fully saturated rings. The molecule has 38 heavy (non-hydrogen) atoms. The van der Waals surface area contributed by atoms with Crippen LogP contribution in [-0.2, 0) is 19.7 Å². The van der Waals surface area contributed by atoms with E-state index in [-0.39, 0.29) is 32.9 Å². The van der Waals surface area contributed by atoms with Crippen LogP contribution in [0.25, 0.3) is 6.08 Å². The average Bonchev–Trinajstić information content (AvgIpc) is 3.14. The Morgan fingerprint density at radius 3 is 2.37 bits per heavy atom. The molecule has 3 amide bonds. The Labute approximate surface area is 228 Å². The van der Waals surface area contributed by atoms with Gasteiger partial charge >= 0.3 is 10.1 Å². The molecule has 0 spiro atoms. The zero-order valence-electron chi connectivity index (χ0n) is 19.9. The summed E-state index contributed by atoms with van der Waals surface area (Å²) >= 11 is 7.04. The predicted molar refractivity (Wildman–Crippen MR) is 145 cm³/mol. The largest absolute Gasteiger partial charge is 0.490 e. The summed E-state index contributed by atoms with van der Waals surface area (Å²) in [5, 5.41) is 1.95. The van der Waals surface area contributed by atoms with E-state index in [2.05, 4.69) is 5.32 Å². The van der Waals surface area contributed by atoms with Gasteiger partial charge in [-0.25, -0.2) is 0 Å². The normalized spacial score (nSPS) is 14.6. The molecule has 3 aromatic carbocycles. The molecule has 196 valence electrons. The number of imide groups is 1. The van der Waals surface area contributed by atoms with Crippen molar-refractivity contribution >= 4 is 62.3 Å². The Hall–Kier alpha value is -3.80. The lowest BCUT2D eigenvalue weighted by Crippen LogP contribution is -2.36. The van der Waals surface area contributed by atoms with Gasteiger partial charge in [-0.3, -0.25) is 19.3 Å². The quantitative estimate of drug-likeness (QED) is 0.275. The van der Waals surface area contributed by atoms with Gasteiger partial charge in [0.15, 0.2) is 5.75 Å². The maximum atomic E-state index is 12.9. The minimum absolute atomic E-state index is 0.0345. The van der Waals surface area contributed by atoms with Crippen molar-refractivity contribution in [1.82, 2.24) is 4.90 Å². The first kappa shape index (κ1) is 27.2. The first-order valence-electron chi connectivity index (χ1n) is 11.2. The van der Waals surface area contributed by atoms with E-state index in [0.29, 0.717) is 23.0 Å². The Morgan fingerprint density at radius 2 is 1.71 bits per heavy atom. The van der Waals surface area contributed by atoms with Crippen LogP contribution in [0.1, 0.15) is 12.5 Å². The molecule has 0 unspecified atom stereocenters. The minimum Gasteiger partial charge on any atom is -0.490 e. The first-order chi connectivity index (χ1) is 18.2. The van der Waals surface area contributed by atoms with Gasteiger partial charge in [0.1, 0.15) is 11.4 Å². The van der Waals surface area contributed by atoms with E-state index in [0.717, 1.165) is 4.90 Å². The van der Waals surface area contributed by atoms with Gasteiger partial charge in [0.2, 0.25) is 11.7 Å². The van der Waals surface area contributed by atoms with Crippen LogP contribution in [-0.4, -0.2) is 43.5 Å². The average molecular weight is 573 g/mol. The number of hydrogen-bond donors (Lipinski definition) is 1.